The Hall–Kier alpha value is -2.00. The lowest BCUT2D eigenvalue weighted by Gasteiger charge is -2.33. The van der Waals surface area contributed by atoms with E-state index in [-0.39, 0.29) is 18.8 Å². The van der Waals surface area contributed by atoms with Crippen LogP contribution in [-0.2, 0) is 30.2 Å². The highest BCUT2D eigenvalue weighted by molar-refractivity contribution is 5.82. The number of methoxy groups -OCH3 is 1. The Balaban J connectivity index is 1.98. The molecule has 0 unspecified atom stereocenters. The lowest BCUT2D eigenvalue weighted by atomic mass is 10.1. The van der Waals surface area contributed by atoms with Gasteiger partial charge in [-0.15, -0.1) is 0 Å². The second kappa shape index (κ2) is 13.3. The molecule has 2 atom stereocenters. The lowest BCUT2D eigenvalue weighted by molar-refractivity contribution is -0.149. The number of carbonyl (C=O) groups excluding carboxylic acids is 2. The highest BCUT2D eigenvalue weighted by Gasteiger charge is 2.29. The topological polar surface area (TPSA) is 103 Å². The van der Waals surface area contributed by atoms with Crippen molar-refractivity contribution in [1.29, 1.82) is 0 Å². The van der Waals surface area contributed by atoms with Crippen LogP contribution >= 0.6 is 0 Å². The molecular weight excluding hydrogens is 386 g/mol. The van der Waals surface area contributed by atoms with Crippen LogP contribution in [0.3, 0.4) is 0 Å². The molecule has 1 aromatic carbocycles. The summed E-state index contributed by atoms with van der Waals surface area (Å²) in [6.45, 7) is 3.66. The molecule has 1 aliphatic heterocycles. The Labute approximate surface area is 179 Å². The summed E-state index contributed by atoms with van der Waals surface area (Å²) in [5.41, 5.74) is 9.44. The van der Waals surface area contributed by atoms with Crippen molar-refractivity contribution in [1.82, 2.24) is 10.4 Å². The molecule has 0 bridgehead atoms. The second-order valence-electron chi connectivity index (χ2n) is 7.58. The van der Waals surface area contributed by atoms with E-state index in [9.17, 15) is 9.59 Å². The predicted octanol–water partition coefficient (Wildman–Crippen LogP) is 1.77. The summed E-state index contributed by atoms with van der Waals surface area (Å²) in [6.07, 6.45) is 2.75. The molecule has 1 saturated heterocycles. The first-order chi connectivity index (χ1) is 14.5. The molecule has 2 rings (SSSR count). The number of piperidine rings is 1. The molecule has 0 saturated carbocycles. The third kappa shape index (κ3) is 8.39. The summed E-state index contributed by atoms with van der Waals surface area (Å²) in [5, 5.41) is 1.88. The number of hydrogen-bond donors (Lipinski definition) is 2. The van der Waals surface area contributed by atoms with Crippen LogP contribution in [0.15, 0.2) is 30.3 Å². The van der Waals surface area contributed by atoms with Gasteiger partial charge in [-0.05, 0) is 24.8 Å². The second-order valence-corrected chi connectivity index (χ2v) is 7.58. The van der Waals surface area contributed by atoms with E-state index >= 15 is 0 Å². The monoisotopic (exact) mass is 421 g/mol. The minimum absolute atomic E-state index is 0.128. The molecule has 168 valence electrons. The molecule has 8 heteroatoms. The maximum Gasteiger partial charge on any atom is 0.263 e. The Morgan fingerprint density at radius 1 is 1.20 bits per heavy atom. The van der Waals surface area contributed by atoms with Gasteiger partial charge in [-0.1, -0.05) is 50.1 Å². The molecule has 1 heterocycles. The highest BCUT2D eigenvalue weighted by atomic mass is 16.7. The number of nitrogens with one attached hydrogen (secondary N) is 1. The summed E-state index contributed by atoms with van der Waals surface area (Å²) in [7, 11) is 1.60. The number of carbonyl (C=O) groups is 2. The fraction of sp³-hybridized carbons (Fsp3) is 0.636. The van der Waals surface area contributed by atoms with E-state index in [1.807, 2.05) is 42.3 Å². The lowest BCUT2D eigenvalue weighted by Crippen LogP contribution is -2.53. The maximum absolute atomic E-state index is 13.0. The summed E-state index contributed by atoms with van der Waals surface area (Å²) in [4.78, 5) is 24.9. The molecule has 0 aliphatic carbocycles. The third-order valence-corrected chi connectivity index (χ3v) is 5.15. The van der Waals surface area contributed by atoms with Gasteiger partial charge in [0, 0.05) is 26.6 Å². The molecule has 0 aromatic heterocycles. The van der Waals surface area contributed by atoms with Gasteiger partial charge in [0.25, 0.3) is 5.91 Å². The van der Waals surface area contributed by atoms with E-state index in [2.05, 4.69) is 5.43 Å². The largest absolute Gasteiger partial charge is 0.367 e. The van der Waals surface area contributed by atoms with Crippen LogP contribution in [0.5, 0.6) is 0 Å². The van der Waals surface area contributed by atoms with E-state index in [1.54, 1.807) is 7.11 Å². The van der Waals surface area contributed by atoms with Crippen LogP contribution in [0.25, 0.3) is 0 Å². The van der Waals surface area contributed by atoms with Crippen molar-refractivity contribution in [2.45, 2.75) is 63.8 Å². The average Bonchev–Trinajstić information content (AvgIpc) is 2.75. The van der Waals surface area contributed by atoms with Gasteiger partial charge in [0.15, 0.2) is 0 Å². The minimum Gasteiger partial charge on any atom is -0.367 e. The van der Waals surface area contributed by atoms with Gasteiger partial charge in [-0.3, -0.25) is 15.0 Å². The van der Waals surface area contributed by atoms with E-state index in [0.717, 1.165) is 31.2 Å². The van der Waals surface area contributed by atoms with Crippen molar-refractivity contribution >= 4 is 11.8 Å². The molecule has 8 nitrogen and oxygen atoms in total. The van der Waals surface area contributed by atoms with Crippen molar-refractivity contribution < 1.29 is 23.8 Å². The molecule has 1 fully saturated rings. The Kier molecular flexibility index (Phi) is 10.8. The number of ether oxygens (including phenoxy) is 3. The predicted molar refractivity (Wildman–Crippen MR) is 113 cm³/mol. The molecule has 0 radical (unpaired) electrons. The number of amides is 2. The van der Waals surface area contributed by atoms with Crippen molar-refractivity contribution in [3.63, 3.8) is 0 Å². The van der Waals surface area contributed by atoms with Gasteiger partial charge in [0.05, 0.1) is 6.10 Å². The molecule has 0 spiro atoms. The van der Waals surface area contributed by atoms with Gasteiger partial charge in [-0.2, -0.15) is 0 Å². The smallest absolute Gasteiger partial charge is 0.263 e. The molecule has 30 heavy (non-hydrogen) atoms. The van der Waals surface area contributed by atoms with Crippen LogP contribution in [-0.4, -0.2) is 62.1 Å². The van der Waals surface area contributed by atoms with E-state index in [4.69, 9.17) is 19.9 Å². The fourth-order valence-corrected chi connectivity index (χ4v) is 3.42. The van der Waals surface area contributed by atoms with Crippen molar-refractivity contribution in [2.75, 3.05) is 27.0 Å². The molecule has 2 amide bonds. The number of benzene rings is 1. The van der Waals surface area contributed by atoms with Crippen molar-refractivity contribution in [3.8, 4) is 0 Å². The van der Waals surface area contributed by atoms with Crippen molar-refractivity contribution in [2.24, 2.45) is 5.73 Å². The first-order valence-electron chi connectivity index (χ1n) is 10.7. The summed E-state index contributed by atoms with van der Waals surface area (Å²) >= 11 is 0. The third-order valence-electron chi connectivity index (χ3n) is 5.15. The number of rotatable bonds is 13. The van der Waals surface area contributed by atoms with Gasteiger partial charge in [0.1, 0.15) is 19.0 Å². The number of unbranched alkanes of at least 4 members (excludes halogenated alkanes) is 1. The standard InChI is InChI=1S/C22H35N3O5/c1-3-4-10-19(21(23)26)30-20(15-17-8-6-5-7-9-17)22(27)24-25-13-11-18(12-14-25)29-16-28-2/h5-9,18-20H,3-4,10-16H2,1-2H3,(H2,23,26)(H,24,27)/t19-,20-/m0/s1. The van der Waals surface area contributed by atoms with Gasteiger partial charge < -0.3 is 19.9 Å². The van der Waals surface area contributed by atoms with Crippen LogP contribution < -0.4 is 11.2 Å². The zero-order chi connectivity index (χ0) is 21.8. The summed E-state index contributed by atoms with van der Waals surface area (Å²) < 4.78 is 16.5. The maximum atomic E-state index is 13.0. The highest BCUT2D eigenvalue weighted by Crippen LogP contribution is 2.15. The molecule has 1 aliphatic rings. The first kappa shape index (κ1) is 24.3. The summed E-state index contributed by atoms with van der Waals surface area (Å²) in [5.74, 6) is -0.803. The normalized spacial score (nSPS) is 17.4. The number of hydrazine groups is 1. The van der Waals surface area contributed by atoms with Gasteiger partial charge >= 0.3 is 0 Å². The van der Waals surface area contributed by atoms with Gasteiger partial charge in [0.2, 0.25) is 5.91 Å². The zero-order valence-corrected chi connectivity index (χ0v) is 18.0. The van der Waals surface area contributed by atoms with Crippen molar-refractivity contribution in [3.05, 3.63) is 35.9 Å². The quantitative estimate of drug-likeness (QED) is 0.471. The van der Waals surface area contributed by atoms with E-state index in [1.165, 1.54) is 0 Å². The van der Waals surface area contributed by atoms with Gasteiger partial charge in [-0.25, -0.2) is 5.01 Å². The molecular formula is C22H35N3O5. The Morgan fingerprint density at radius 3 is 2.50 bits per heavy atom. The SMILES string of the molecule is CCCC[C@H](O[C@@H](Cc1ccccc1)C(=O)NN1CCC(OCOC)CC1)C(N)=O. The van der Waals surface area contributed by atoms with E-state index < -0.39 is 18.1 Å². The minimum atomic E-state index is -0.802. The zero-order valence-electron chi connectivity index (χ0n) is 18.0. The fourth-order valence-electron chi connectivity index (χ4n) is 3.42. The van der Waals surface area contributed by atoms with Crippen LogP contribution in [0.1, 0.15) is 44.6 Å². The number of hydrogen-bond acceptors (Lipinski definition) is 6. The number of nitrogens with two attached hydrogens (primary N) is 1. The Bertz CT molecular complexity index is 635. The van der Waals surface area contributed by atoms with E-state index in [0.29, 0.717) is 25.9 Å². The summed E-state index contributed by atoms with van der Waals surface area (Å²) in [6, 6.07) is 9.62. The van der Waals surface area contributed by atoms with Crippen LogP contribution in [0.2, 0.25) is 0 Å². The Morgan fingerprint density at radius 2 is 1.90 bits per heavy atom. The number of nitrogens with zero attached hydrogens (tertiary/aromatic N) is 1. The van der Waals surface area contributed by atoms with Crippen LogP contribution in [0, 0.1) is 0 Å². The first-order valence-corrected chi connectivity index (χ1v) is 10.7. The molecule has 3 N–H and O–H groups in total. The van der Waals surface area contributed by atoms with Crippen LogP contribution in [0.4, 0.5) is 0 Å². The average molecular weight is 422 g/mol. The number of primary amides is 1. The molecule has 1 aromatic rings.